The molecule has 0 spiro atoms. The maximum absolute atomic E-state index is 4.66. The predicted molar refractivity (Wildman–Crippen MR) is 99.9 cm³/mol. The molecule has 0 amide bonds. The lowest BCUT2D eigenvalue weighted by molar-refractivity contribution is 0.492. The second-order valence-electron chi connectivity index (χ2n) is 6.63. The number of imidazole rings is 2. The Kier molecular flexibility index (Phi) is 3.62. The third-order valence-corrected chi connectivity index (χ3v) is 4.99. The lowest BCUT2D eigenvalue weighted by Gasteiger charge is -2.32. The molecule has 4 heterocycles. The fraction of sp³-hybridized carbons (Fsp3) is 0.263. The van der Waals surface area contributed by atoms with Gasteiger partial charge in [-0.25, -0.2) is 19.9 Å². The van der Waals surface area contributed by atoms with Crippen LogP contribution in [0.25, 0.3) is 22.4 Å². The molecule has 26 heavy (non-hydrogen) atoms. The number of hydrogen-bond donors (Lipinski definition) is 2. The second-order valence-corrected chi connectivity index (χ2v) is 6.63. The van der Waals surface area contributed by atoms with Gasteiger partial charge in [-0.15, -0.1) is 0 Å². The van der Waals surface area contributed by atoms with Crippen molar-refractivity contribution < 1.29 is 0 Å². The predicted octanol–water partition coefficient (Wildman–Crippen LogP) is 3.13. The van der Waals surface area contributed by atoms with E-state index in [1.54, 1.807) is 12.7 Å². The first-order valence-electron chi connectivity index (χ1n) is 8.88. The molecule has 0 unspecified atom stereocenters. The van der Waals surface area contributed by atoms with E-state index in [4.69, 9.17) is 0 Å². The first-order valence-corrected chi connectivity index (χ1v) is 8.88. The quantitative estimate of drug-likeness (QED) is 0.596. The molecule has 4 aromatic rings. The summed E-state index contributed by atoms with van der Waals surface area (Å²) in [6.07, 6.45) is 7.41. The summed E-state index contributed by atoms with van der Waals surface area (Å²) >= 11 is 0. The van der Waals surface area contributed by atoms with Crippen LogP contribution >= 0.6 is 0 Å². The van der Waals surface area contributed by atoms with E-state index in [1.165, 1.54) is 0 Å². The van der Waals surface area contributed by atoms with Crippen molar-refractivity contribution in [3.05, 3.63) is 55.0 Å². The van der Waals surface area contributed by atoms with Crippen LogP contribution in [0.15, 0.2) is 49.2 Å². The van der Waals surface area contributed by atoms with Crippen molar-refractivity contribution in [2.45, 2.75) is 18.8 Å². The highest BCUT2D eigenvalue weighted by Gasteiger charge is 2.26. The summed E-state index contributed by atoms with van der Waals surface area (Å²) in [5.41, 5.74) is 3.84. The third kappa shape index (κ3) is 2.61. The molecule has 1 aliphatic rings. The number of hydrogen-bond acceptors (Lipinski definition) is 5. The van der Waals surface area contributed by atoms with Gasteiger partial charge >= 0.3 is 0 Å². The molecule has 7 heteroatoms. The van der Waals surface area contributed by atoms with Gasteiger partial charge < -0.3 is 14.9 Å². The average Bonchev–Trinajstić information content (AvgIpc) is 3.38. The van der Waals surface area contributed by atoms with Crippen molar-refractivity contribution in [3.63, 3.8) is 0 Å². The summed E-state index contributed by atoms with van der Waals surface area (Å²) in [5.74, 6) is 2.32. The summed E-state index contributed by atoms with van der Waals surface area (Å²) in [5, 5.41) is 0. The van der Waals surface area contributed by atoms with E-state index in [0.29, 0.717) is 11.6 Å². The molecule has 1 saturated heterocycles. The summed E-state index contributed by atoms with van der Waals surface area (Å²) in [7, 11) is 0. The molecule has 7 nitrogen and oxygen atoms in total. The standard InChI is InChI=1S/C19H19N7/c1-2-5-13(6-3-1)15-9-20-17(25-15)14-7-4-8-26(10-14)19-16-18(22-11-21-16)23-12-24-19/h1-3,5-6,9,11-12,14H,4,7-8,10H2,(H,20,25)(H,21,22,23,24)/t14-/m0/s1. The van der Waals surface area contributed by atoms with E-state index in [2.05, 4.69) is 46.9 Å². The van der Waals surface area contributed by atoms with Crippen LogP contribution in [0.2, 0.25) is 0 Å². The fourth-order valence-corrected chi connectivity index (χ4v) is 3.69. The monoisotopic (exact) mass is 345 g/mol. The van der Waals surface area contributed by atoms with Gasteiger partial charge in [0.25, 0.3) is 0 Å². The summed E-state index contributed by atoms with van der Waals surface area (Å²) < 4.78 is 0. The Hall–Kier alpha value is -3.22. The molecule has 2 N–H and O–H groups in total. The molecule has 130 valence electrons. The minimum absolute atomic E-state index is 0.356. The Balaban J connectivity index is 1.41. The van der Waals surface area contributed by atoms with E-state index in [1.807, 2.05) is 24.4 Å². The molecule has 1 aliphatic heterocycles. The SMILES string of the molecule is c1ccc(-c2cnc([C@H]3CCCN(c4ncnc5nc[nH]c45)C3)[nH]2)cc1. The summed E-state index contributed by atoms with van der Waals surface area (Å²) in [6, 6.07) is 10.3. The van der Waals surface area contributed by atoms with Crippen molar-refractivity contribution in [2.24, 2.45) is 0 Å². The second kappa shape index (κ2) is 6.25. The van der Waals surface area contributed by atoms with Gasteiger partial charge in [0, 0.05) is 19.0 Å². The number of piperidine rings is 1. The van der Waals surface area contributed by atoms with E-state index < -0.39 is 0 Å². The number of fused-ring (bicyclic) bond motifs is 1. The van der Waals surface area contributed by atoms with Crippen LogP contribution in [-0.4, -0.2) is 43.0 Å². The van der Waals surface area contributed by atoms with Crippen molar-refractivity contribution in [1.29, 1.82) is 0 Å². The number of aromatic nitrogens is 6. The Morgan fingerprint density at radius 3 is 2.88 bits per heavy atom. The Labute approximate surface area is 150 Å². The van der Waals surface area contributed by atoms with Crippen molar-refractivity contribution in [1.82, 2.24) is 29.9 Å². The molecule has 0 radical (unpaired) electrons. The van der Waals surface area contributed by atoms with Gasteiger partial charge in [-0.05, 0) is 18.4 Å². The number of benzene rings is 1. The number of rotatable bonds is 3. The number of nitrogens with zero attached hydrogens (tertiary/aromatic N) is 5. The molecule has 3 aromatic heterocycles. The number of nitrogens with one attached hydrogen (secondary N) is 2. The van der Waals surface area contributed by atoms with Gasteiger partial charge in [0.2, 0.25) is 0 Å². The minimum Gasteiger partial charge on any atom is -0.354 e. The smallest absolute Gasteiger partial charge is 0.182 e. The lowest BCUT2D eigenvalue weighted by atomic mass is 9.97. The maximum atomic E-state index is 4.66. The molecule has 0 bridgehead atoms. The van der Waals surface area contributed by atoms with Gasteiger partial charge in [-0.1, -0.05) is 30.3 Å². The summed E-state index contributed by atoms with van der Waals surface area (Å²) in [6.45, 7) is 1.86. The van der Waals surface area contributed by atoms with E-state index in [-0.39, 0.29) is 0 Å². The average molecular weight is 345 g/mol. The molecule has 1 aromatic carbocycles. The highest BCUT2D eigenvalue weighted by molar-refractivity contribution is 5.82. The molecular weight excluding hydrogens is 326 g/mol. The molecule has 1 atom stereocenters. The first-order chi connectivity index (χ1) is 12.9. The van der Waals surface area contributed by atoms with Crippen LogP contribution in [0.4, 0.5) is 5.82 Å². The topological polar surface area (TPSA) is 86.4 Å². The highest BCUT2D eigenvalue weighted by atomic mass is 15.2. The van der Waals surface area contributed by atoms with Gasteiger partial charge in [0.15, 0.2) is 11.5 Å². The van der Waals surface area contributed by atoms with Crippen LogP contribution in [0, 0.1) is 0 Å². The van der Waals surface area contributed by atoms with Crippen LogP contribution in [0.3, 0.4) is 0 Å². The molecule has 0 aliphatic carbocycles. The highest BCUT2D eigenvalue weighted by Crippen LogP contribution is 2.30. The Morgan fingerprint density at radius 2 is 1.96 bits per heavy atom. The zero-order valence-corrected chi connectivity index (χ0v) is 14.3. The Bertz CT molecular complexity index is 1020. The van der Waals surface area contributed by atoms with Crippen molar-refractivity contribution in [2.75, 3.05) is 18.0 Å². The van der Waals surface area contributed by atoms with Gasteiger partial charge in [0.05, 0.1) is 18.2 Å². The zero-order valence-electron chi connectivity index (χ0n) is 14.3. The first kappa shape index (κ1) is 15.1. The maximum Gasteiger partial charge on any atom is 0.182 e. The lowest BCUT2D eigenvalue weighted by Crippen LogP contribution is -2.35. The largest absolute Gasteiger partial charge is 0.354 e. The fourth-order valence-electron chi connectivity index (χ4n) is 3.69. The molecule has 0 saturated carbocycles. The number of aromatic amines is 2. The van der Waals surface area contributed by atoms with Gasteiger partial charge in [-0.2, -0.15) is 0 Å². The Morgan fingerprint density at radius 1 is 1.04 bits per heavy atom. The van der Waals surface area contributed by atoms with E-state index >= 15 is 0 Å². The van der Waals surface area contributed by atoms with Gasteiger partial charge in [-0.3, -0.25) is 0 Å². The van der Waals surface area contributed by atoms with Crippen LogP contribution in [0.5, 0.6) is 0 Å². The summed E-state index contributed by atoms with van der Waals surface area (Å²) in [4.78, 5) is 26.6. The van der Waals surface area contributed by atoms with Crippen LogP contribution in [-0.2, 0) is 0 Å². The van der Waals surface area contributed by atoms with E-state index in [9.17, 15) is 0 Å². The molecule has 5 rings (SSSR count). The zero-order chi connectivity index (χ0) is 17.3. The van der Waals surface area contributed by atoms with E-state index in [0.717, 1.165) is 54.3 Å². The molecular formula is C19H19N7. The van der Waals surface area contributed by atoms with Crippen molar-refractivity contribution in [3.8, 4) is 11.3 Å². The molecule has 1 fully saturated rings. The van der Waals surface area contributed by atoms with Crippen molar-refractivity contribution >= 4 is 17.0 Å². The van der Waals surface area contributed by atoms with Crippen LogP contribution < -0.4 is 4.90 Å². The van der Waals surface area contributed by atoms with Crippen LogP contribution in [0.1, 0.15) is 24.6 Å². The number of H-pyrrole nitrogens is 2. The normalized spacial score (nSPS) is 17.7. The van der Waals surface area contributed by atoms with Gasteiger partial charge in [0.1, 0.15) is 17.7 Å². The third-order valence-electron chi connectivity index (χ3n) is 4.99. The minimum atomic E-state index is 0.356. The number of anilines is 1.